The number of amides is 1. The molecule has 2 saturated heterocycles. The van der Waals surface area contributed by atoms with Gasteiger partial charge in [-0.15, -0.1) is 0 Å². The van der Waals surface area contributed by atoms with Crippen LogP contribution >= 0.6 is 0 Å². The highest BCUT2D eigenvalue weighted by Crippen LogP contribution is 2.24. The summed E-state index contributed by atoms with van der Waals surface area (Å²) in [7, 11) is 0. The second-order valence-corrected chi connectivity index (χ2v) is 6.72. The molecule has 0 aliphatic carbocycles. The van der Waals surface area contributed by atoms with Crippen LogP contribution in [0.25, 0.3) is 0 Å². The highest BCUT2D eigenvalue weighted by atomic mass is 19.1. The average Bonchev–Trinajstić information content (AvgIpc) is 2.63. The molecule has 2 aliphatic heterocycles. The fourth-order valence-electron chi connectivity index (χ4n) is 3.53. The van der Waals surface area contributed by atoms with Crippen LogP contribution in [0.4, 0.5) is 4.39 Å². The lowest BCUT2D eigenvalue weighted by molar-refractivity contribution is -0.136. The number of carbonyl (C=O) groups excluding carboxylic acids is 2. The molecule has 1 aromatic rings. The van der Waals surface area contributed by atoms with Gasteiger partial charge in [0, 0.05) is 31.2 Å². The lowest BCUT2D eigenvalue weighted by atomic mass is 9.88. The van der Waals surface area contributed by atoms with Crippen molar-refractivity contribution in [2.75, 3.05) is 19.7 Å². The minimum absolute atomic E-state index is 0.0534. The van der Waals surface area contributed by atoms with Crippen LogP contribution in [-0.4, -0.2) is 42.4 Å². The van der Waals surface area contributed by atoms with Crippen LogP contribution < -0.4 is 0 Å². The second-order valence-electron chi connectivity index (χ2n) is 6.72. The zero-order valence-electron chi connectivity index (χ0n) is 13.9. The van der Waals surface area contributed by atoms with Crippen LogP contribution in [0, 0.1) is 11.7 Å². The summed E-state index contributed by atoms with van der Waals surface area (Å²) in [4.78, 5) is 26.7. The second kappa shape index (κ2) is 7.88. The third-order valence-corrected chi connectivity index (χ3v) is 5.02. The van der Waals surface area contributed by atoms with Gasteiger partial charge in [0.1, 0.15) is 5.82 Å². The third-order valence-electron chi connectivity index (χ3n) is 5.02. The fraction of sp³-hybridized carbons (Fsp3) is 0.579. The van der Waals surface area contributed by atoms with Gasteiger partial charge < -0.3 is 9.64 Å². The van der Waals surface area contributed by atoms with Crippen molar-refractivity contribution in [3.63, 3.8) is 0 Å². The standard InChI is InChI=1S/C19H24FNO3/c20-16-6-4-14(5-7-16)19(23)15-8-10-21(11-9-15)18(22)13-17-3-1-2-12-24-17/h4-7,15,17H,1-3,8-13H2. The highest BCUT2D eigenvalue weighted by molar-refractivity contribution is 5.98. The number of ketones is 1. The van der Waals surface area contributed by atoms with Crippen LogP contribution in [0.1, 0.15) is 48.9 Å². The summed E-state index contributed by atoms with van der Waals surface area (Å²) >= 11 is 0. The average molecular weight is 333 g/mol. The van der Waals surface area contributed by atoms with Crippen molar-refractivity contribution < 1.29 is 18.7 Å². The number of halogens is 1. The lowest BCUT2D eigenvalue weighted by Crippen LogP contribution is -2.42. The Morgan fingerprint density at radius 1 is 1.08 bits per heavy atom. The summed E-state index contributed by atoms with van der Waals surface area (Å²) in [6.45, 7) is 1.98. The van der Waals surface area contributed by atoms with E-state index in [1.54, 1.807) is 0 Å². The van der Waals surface area contributed by atoms with E-state index in [0.29, 0.717) is 37.9 Å². The number of rotatable bonds is 4. The molecule has 0 radical (unpaired) electrons. The highest BCUT2D eigenvalue weighted by Gasteiger charge is 2.29. The molecule has 0 spiro atoms. The first-order chi connectivity index (χ1) is 11.6. The molecule has 2 heterocycles. The number of carbonyl (C=O) groups is 2. The molecule has 130 valence electrons. The van der Waals surface area contributed by atoms with Gasteiger partial charge in [-0.2, -0.15) is 0 Å². The van der Waals surface area contributed by atoms with E-state index >= 15 is 0 Å². The molecule has 1 aromatic carbocycles. The van der Waals surface area contributed by atoms with Crippen LogP contribution in [0.5, 0.6) is 0 Å². The van der Waals surface area contributed by atoms with Crippen LogP contribution in [0.2, 0.25) is 0 Å². The lowest BCUT2D eigenvalue weighted by Gasteiger charge is -2.33. The first-order valence-electron chi connectivity index (χ1n) is 8.82. The first-order valence-corrected chi connectivity index (χ1v) is 8.82. The largest absolute Gasteiger partial charge is 0.378 e. The summed E-state index contributed by atoms with van der Waals surface area (Å²) < 4.78 is 18.6. The van der Waals surface area contributed by atoms with Gasteiger partial charge in [0.25, 0.3) is 0 Å². The molecule has 0 saturated carbocycles. The molecule has 1 atom stereocenters. The molecule has 0 N–H and O–H groups in total. The van der Waals surface area contributed by atoms with E-state index in [-0.39, 0.29) is 29.5 Å². The molecule has 1 amide bonds. The van der Waals surface area contributed by atoms with E-state index in [4.69, 9.17) is 4.74 Å². The van der Waals surface area contributed by atoms with Crippen LogP contribution in [0.15, 0.2) is 24.3 Å². The van der Waals surface area contributed by atoms with Crippen LogP contribution in [0.3, 0.4) is 0 Å². The Morgan fingerprint density at radius 3 is 2.42 bits per heavy atom. The van der Waals surface area contributed by atoms with Crippen molar-refractivity contribution in [3.05, 3.63) is 35.6 Å². The van der Waals surface area contributed by atoms with Gasteiger partial charge in [0.15, 0.2) is 5.78 Å². The van der Waals surface area contributed by atoms with Crippen LogP contribution in [-0.2, 0) is 9.53 Å². The summed E-state index contributed by atoms with van der Waals surface area (Å²) in [5.41, 5.74) is 0.553. The topological polar surface area (TPSA) is 46.6 Å². The van der Waals surface area contributed by atoms with Crippen molar-refractivity contribution in [1.29, 1.82) is 0 Å². The molecule has 2 aliphatic rings. The molecule has 3 rings (SSSR count). The quantitative estimate of drug-likeness (QED) is 0.795. The SMILES string of the molecule is O=C(c1ccc(F)cc1)C1CCN(C(=O)CC2CCCCO2)CC1. The van der Waals surface area contributed by atoms with E-state index in [0.717, 1.165) is 25.9 Å². The van der Waals surface area contributed by atoms with Gasteiger partial charge in [-0.1, -0.05) is 0 Å². The van der Waals surface area contributed by atoms with Gasteiger partial charge in [0.2, 0.25) is 5.91 Å². The number of benzene rings is 1. The predicted octanol–water partition coefficient (Wildman–Crippen LogP) is 3.21. The predicted molar refractivity (Wildman–Crippen MR) is 88.2 cm³/mol. The number of hydrogen-bond acceptors (Lipinski definition) is 3. The van der Waals surface area contributed by atoms with E-state index in [2.05, 4.69) is 0 Å². The zero-order valence-corrected chi connectivity index (χ0v) is 13.9. The number of likely N-dealkylation sites (tertiary alicyclic amines) is 1. The van der Waals surface area contributed by atoms with Gasteiger partial charge in [-0.25, -0.2) is 4.39 Å². The Morgan fingerprint density at radius 2 is 1.79 bits per heavy atom. The van der Waals surface area contributed by atoms with E-state index in [1.165, 1.54) is 24.3 Å². The molecule has 5 heteroatoms. The third kappa shape index (κ3) is 4.20. The summed E-state index contributed by atoms with van der Waals surface area (Å²) in [6.07, 6.45) is 5.04. The van der Waals surface area contributed by atoms with Crippen molar-refractivity contribution >= 4 is 11.7 Å². The molecule has 24 heavy (non-hydrogen) atoms. The van der Waals surface area contributed by atoms with E-state index in [9.17, 15) is 14.0 Å². The van der Waals surface area contributed by atoms with E-state index in [1.807, 2.05) is 4.90 Å². The normalized spacial score (nSPS) is 22.4. The molecular weight excluding hydrogens is 309 g/mol. The fourth-order valence-corrected chi connectivity index (χ4v) is 3.53. The smallest absolute Gasteiger partial charge is 0.225 e. The number of piperidine rings is 1. The van der Waals surface area contributed by atoms with Crippen molar-refractivity contribution in [1.82, 2.24) is 4.90 Å². The Labute approximate surface area is 142 Å². The maximum Gasteiger partial charge on any atom is 0.225 e. The monoisotopic (exact) mass is 333 g/mol. The van der Waals surface area contributed by atoms with Gasteiger partial charge in [0.05, 0.1) is 12.5 Å². The minimum Gasteiger partial charge on any atom is -0.378 e. The maximum absolute atomic E-state index is 13.0. The number of Topliss-reactive ketones (excluding diaryl/α,β-unsaturated/α-hetero) is 1. The Kier molecular flexibility index (Phi) is 5.61. The van der Waals surface area contributed by atoms with Gasteiger partial charge in [-0.3, -0.25) is 9.59 Å². The molecular formula is C19H24FNO3. The summed E-state index contributed by atoms with van der Waals surface area (Å²) in [5, 5.41) is 0. The number of nitrogens with zero attached hydrogens (tertiary/aromatic N) is 1. The first kappa shape index (κ1) is 17.1. The van der Waals surface area contributed by atoms with Crippen molar-refractivity contribution in [2.24, 2.45) is 5.92 Å². The van der Waals surface area contributed by atoms with Gasteiger partial charge in [-0.05, 0) is 56.4 Å². The molecule has 4 nitrogen and oxygen atoms in total. The molecule has 1 unspecified atom stereocenters. The molecule has 0 aromatic heterocycles. The molecule has 0 bridgehead atoms. The number of ether oxygens (including phenoxy) is 1. The van der Waals surface area contributed by atoms with Crippen molar-refractivity contribution in [3.8, 4) is 0 Å². The zero-order chi connectivity index (χ0) is 16.9. The molecule has 2 fully saturated rings. The Hall–Kier alpha value is -1.75. The van der Waals surface area contributed by atoms with Crippen molar-refractivity contribution in [2.45, 2.75) is 44.6 Å². The Balaban J connectivity index is 1.48. The summed E-state index contributed by atoms with van der Waals surface area (Å²) in [6, 6.07) is 5.71. The summed E-state index contributed by atoms with van der Waals surface area (Å²) in [5.74, 6) is -0.227. The number of hydrogen-bond donors (Lipinski definition) is 0. The Bertz CT molecular complexity index is 573. The minimum atomic E-state index is -0.336. The maximum atomic E-state index is 13.0. The van der Waals surface area contributed by atoms with E-state index < -0.39 is 0 Å². The van der Waals surface area contributed by atoms with Gasteiger partial charge >= 0.3 is 0 Å².